The third-order valence-electron chi connectivity index (χ3n) is 7.18. The molecule has 0 aromatic rings. The SMILES string of the molecule is CC1(C)CCC[C@@]2(C)[C@]13CC[C@]2(C)C(=O)C3. The number of ketones is 1. The lowest BCUT2D eigenvalue weighted by Crippen LogP contribution is -2.49. The molecule has 0 spiro atoms. The molecule has 0 saturated heterocycles. The molecular formula is C15H24O. The van der Waals surface area contributed by atoms with E-state index in [2.05, 4.69) is 27.7 Å². The quantitative estimate of drug-likeness (QED) is 0.604. The zero-order valence-electron chi connectivity index (χ0n) is 11.2. The monoisotopic (exact) mass is 220 g/mol. The molecule has 0 aromatic carbocycles. The number of carbonyl (C=O) groups excluding carboxylic acids is 1. The van der Waals surface area contributed by atoms with E-state index in [1.807, 2.05) is 0 Å². The van der Waals surface area contributed by atoms with Crippen LogP contribution in [0.1, 0.15) is 66.2 Å². The number of hydrogen-bond acceptors (Lipinski definition) is 1. The molecule has 3 aliphatic carbocycles. The van der Waals surface area contributed by atoms with Crippen molar-refractivity contribution in [2.75, 3.05) is 0 Å². The van der Waals surface area contributed by atoms with Crippen LogP contribution in [0, 0.1) is 21.7 Å². The molecule has 3 atom stereocenters. The Morgan fingerprint density at radius 2 is 1.62 bits per heavy atom. The van der Waals surface area contributed by atoms with E-state index in [0.717, 1.165) is 12.8 Å². The van der Waals surface area contributed by atoms with Crippen molar-refractivity contribution in [1.82, 2.24) is 0 Å². The first-order valence-corrected chi connectivity index (χ1v) is 6.83. The van der Waals surface area contributed by atoms with Crippen LogP contribution in [-0.4, -0.2) is 5.78 Å². The first kappa shape index (κ1) is 10.8. The molecule has 16 heavy (non-hydrogen) atoms. The molecule has 3 rings (SSSR count). The smallest absolute Gasteiger partial charge is 0.139 e. The van der Waals surface area contributed by atoms with Gasteiger partial charge in [-0.05, 0) is 41.9 Å². The second-order valence-corrected chi connectivity index (χ2v) is 7.58. The molecule has 0 unspecified atom stereocenters. The average molecular weight is 220 g/mol. The third-order valence-corrected chi connectivity index (χ3v) is 7.18. The molecule has 3 saturated carbocycles. The number of rotatable bonds is 0. The van der Waals surface area contributed by atoms with Crippen molar-refractivity contribution >= 4 is 5.78 Å². The van der Waals surface area contributed by atoms with E-state index in [1.54, 1.807) is 0 Å². The minimum atomic E-state index is 0.00465. The van der Waals surface area contributed by atoms with Crippen LogP contribution in [-0.2, 0) is 4.79 Å². The van der Waals surface area contributed by atoms with Crippen LogP contribution >= 0.6 is 0 Å². The van der Waals surface area contributed by atoms with Crippen LogP contribution < -0.4 is 0 Å². The maximum Gasteiger partial charge on any atom is 0.139 e. The molecule has 3 fully saturated rings. The molecule has 0 radical (unpaired) electrons. The molecule has 90 valence electrons. The van der Waals surface area contributed by atoms with Gasteiger partial charge in [-0.3, -0.25) is 4.79 Å². The highest BCUT2D eigenvalue weighted by molar-refractivity contribution is 5.90. The Morgan fingerprint density at radius 3 is 2.19 bits per heavy atom. The fourth-order valence-electron chi connectivity index (χ4n) is 5.71. The number of carbonyl (C=O) groups is 1. The van der Waals surface area contributed by atoms with E-state index in [-0.39, 0.29) is 5.41 Å². The van der Waals surface area contributed by atoms with Gasteiger partial charge in [0.25, 0.3) is 0 Å². The molecule has 1 nitrogen and oxygen atoms in total. The first-order valence-electron chi connectivity index (χ1n) is 6.83. The molecule has 0 N–H and O–H groups in total. The van der Waals surface area contributed by atoms with Crippen molar-refractivity contribution in [3.63, 3.8) is 0 Å². The summed E-state index contributed by atoms with van der Waals surface area (Å²) in [6.45, 7) is 9.50. The predicted molar refractivity (Wildman–Crippen MR) is 65.1 cm³/mol. The third kappa shape index (κ3) is 0.791. The van der Waals surface area contributed by atoms with Crippen molar-refractivity contribution in [3.05, 3.63) is 0 Å². The van der Waals surface area contributed by atoms with E-state index in [4.69, 9.17) is 0 Å². The van der Waals surface area contributed by atoms with Crippen LogP contribution in [0.25, 0.3) is 0 Å². The summed E-state index contributed by atoms with van der Waals surface area (Å²) in [5.74, 6) is 0.566. The van der Waals surface area contributed by atoms with Gasteiger partial charge in [0.05, 0.1) is 0 Å². The van der Waals surface area contributed by atoms with Gasteiger partial charge in [0.15, 0.2) is 0 Å². The molecule has 0 heterocycles. The summed E-state index contributed by atoms with van der Waals surface area (Å²) >= 11 is 0. The Balaban J connectivity index is 2.22. The Hall–Kier alpha value is -0.330. The minimum Gasteiger partial charge on any atom is -0.299 e. The van der Waals surface area contributed by atoms with Crippen LogP contribution in [0.2, 0.25) is 0 Å². The highest BCUT2D eigenvalue weighted by Crippen LogP contribution is 2.79. The van der Waals surface area contributed by atoms with Crippen molar-refractivity contribution in [1.29, 1.82) is 0 Å². The zero-order chi connectivity index (χ0) is 11.8. The summed E-state index contributed by atoms with van der Waals surface area (Å²) in [5.41, 5.74) is 0.984. The lowest BCUT2D eigenvalue weighted by molar-refractivity contribution is -0.128. The lowest BCUT2D eigenvalue weighted by atomic mass is 9.47. The van der Waals surface area contributed by atoms with Gasteiger partial charge in [0.1, 0.15) is 5.78 Å². The van der Waals surface area contributed by atoms with Gasteiger partial charge in [-0.1, -0.05) is 34.1 Å². The predicted octanol–water partition coefficient (Wildman–Crippen LogP) is 3.96. The van der Waals surface area contributed by atoms with E-state index in [9.17, 15) is 4.79 Å². The van der Waals surface area contributed by atoms with Crippen molar-refractivity contribution < 1.29 is 4.79 Å². The Labute approximate surface area is 99.0 Å². The summed E-state index contributed by atoms with van der Waals surface area (Å²) < 4.78 is 0. The van der Waals surface area contributed by atoms with Crippen molar-refractivity contribution in [2.45, 2.75) is 66.2 Å². The second-order valence-electron chi connectivity index (χ2n) is 7.58. The van der Waals surface area contributed by atoms with E-state index in [0.29, 0.717) is 22.0 Å². The Morgan fingerprint density at radius 1 is 0.938 bits per heavy atom. The molecule has 0 amide bonds. The average Bonchev–Trinajstić information content (AvgIpc) is 2.50. The van der Waals surface area contributed by atoms with Gasteiger partial charge in [-0.15, -0.1) is 0 Å². The van der Waals surface area contributed by atoms with Crippen LogP contribution in [0.3, 0.4) is 0 Å². The van der Waals surface area contributed by atoms with E-state index < -0.39 is 0 Å². The van der Waals surface area contributed by atoms with Crippen molar-refractivity contribution in [2.24, 2.45) is 21.7 Å². The fraction of sp³-hybridized carbons (Fsp3) is 0.933. The molecule has 2 bridgehead atoms. The standard InChI is InChI=1S/C15H24O/c1-12(2)6-5-7-14(4)13(3)8-9-15(12,14)10-11(13)16/h5-10H2,1-4H3/t13-,14-,15+/m1/s1. The molecule has 0 aliphatic heterocycles. The lowest BCUT2D eigenvalue weighted by Gasteiger charge is -2.56. The Bertz CT molecular complexity index is 370. The molecule has 0 aromatic heterocycles. The van der Waals surface area contributed by atoms with Crippen LogP contribution in [0.15, 0.2) is 0 Å². The maximum absolute atomic E-state index is 12.4. The molecule has 1 heteroatoms. The second kappa shape index (κ2) is 2.57. The van der Waals surface area contributed by atoms with Gasteiger partial charge in [-0.2, -0.15) is 0 Å². The van der Waals surface area contributed by atoms with Gasteiger partial charge >= 0.3 is 0 Å². The van der Waals surface area contributed by atoms with Gasteiger partial charge in [-0.25, -0.2) is 0 Å². The summed E-state index contributed by atoms with van der Waals surface area (Å²) in [4.78, 5) is 12.4. The van der Waals surface area contributed by atoms with Crippen LogP contribution in [0.4, 0.5) is 0 Å². The maximum atomic E-state index is 12.4. The minimum absolute atomic E-state index is 0.00465. The fourth-order valence-corrected chi connectivity index (χ4v) is 5.71. The first-order chi connectivity index (χ1) is 7.29. The number of Topliss-reactive ketones (excluding diaryl/α,β-unsaturated/α-hetero) is 1. The highest BCUT2D eigenvalue weighted by atomic mass is 16.1. The zero-order valence-corrected chi connectivity index (χ0v) is 11.2. The molecule has 3 aliphatic rings. The van der Waals surface area contributed by atoms with E-state index in [1.165, 1.54) is 25.7 Å². The van der Waals surface area contributed by atoms with Gasteiger partial charge in [0.2, 0.25) is 0 Å². The summed E-state index contributed by atoms with van der Waals surface area (Å²) in [5, 5.41) is 0. The Kier molecular flexibility index (Phi) is 1.73. The summed E-state index contributed by atoms with van der Waals surface area (Å²) in [6, 6.07) is 0. The van der Waals surface area contributed by atoms with Gasteiger partial charge in [0, 0.05) is 11.8 Å². The summed E-state index contributed by atoms with van der Waals surface area (Å²) in [7, 11) is 0. The topological polar surface area (TPSA) is 17.1 Å². The van der Waals surface area contributed by atoms with Crippen molar-refractivity contribution in [3.8, 4) is 0 Å². The van der Waals surface area contributed by atoms with Gasteiger partial charge < -0.3 is 0 Å². The highest BCUT2D eigenvalue weighted by Gasteiger charge is 2.75. The normalized spacial score (nSPS) is 54.1. The summed E-state index contributed by atoms with van der Waals surface area (Å²) in [6.07, 6.45) is 7.20. The molecular weight excluding hydrogens is 196 g/mol. The largest absolute Gasteiger partial charge is 0.299 e. The van der Waals surface area contributed by atoms with Crippen LogP contribution in [0.5, 0.6) is 0 Å². The van der Waals surface area contributed by atoms with E-state index >= 15 is 0 Å². The number of hydrogen-bond donors (Lipinski definition) is 0.